The molecule has 1 amide bonds. The van der Waals surface area contributed by atoms with Crippen LogP contribution in [0, 0.1) is 12.7 Å². The van der Waals surface area contributed by atoms with Crippen LogP contribution in [0.2, 0.25) is 0 Å². The summed E-state index contributed by atoms with van der Waals surface area (Å²) in [7, 11) is 0. The van der Waals surface area contributed by atoms with Crippen molar-refractivity contribution in [1.29, 1.82) is 0 Å². The second-order valence-electron chi connectivity index (χ2n) is 4.00. The lowest BCUT2D eigenvalue weighted by Crippen LogP contribution is -2.24. The van der Waals surface area contributed by atoms with Crippen LogP contribution >= 0.6 is 11.3 Å². The van der Waals surface area contributed by atoms with Crippen molar-refractivity contribution in [3.8, 4) is 0 Å². The Morgan fingerprint density at radius 1 is 1.44 bits per heavy atom. The predicted octanol–water partition coefficient (Wildman–Crippen LogP) is 2.71. The predicted molar refractivity (Wildman–Crippen MR) is 71.0 cm³/mol. The summed E-state index contributed by atoms with van der Waals surface area (Å²) in [5.41, 5.74) is 8.04. The van der Waals surface area contributed by atoms with E-state index in [1.165, 1.54) is 18.2 Å². The van der Waals surface area contributed by atoms with Gasteiger partial charge in [-0.1, -0.05) is 0 Å². The highest BCUT2D eigenvalue weighted by atomic mass is 32.1. The molecule has 94 valence electrons. The molecule has 0 fully saturated rings. The van der Waals surface area contributed by atoms with Crippen molar-refractivity contribution in [2.24, 2.45) is 0 Å². The molecule has 0 aliphatic rings. The number of amides is 1. The molecule has 0 unspecified atom stereocenters. The Bertz CT molecular complexity index is 580. The van der Waals surface area contributed by atoms with Gasteiger partial charge in [-0.25, -0.2) is 4.39 Å². The third-order valence-corrected chi connectivity index (χ3v) is 3.55. The summed E-state index contributed by atoms with van der Waals surface area (Å²) in [6, 6.07) is 3.96. The molecule has 2 aromatic rings. The lowest BCUT2D eigenvalue weighted by molar-refractivity contribution is 0.0947. The minimum Gasteiger partial charge on any atom is -0.399 e. The van der Waals surface area contributed by atoms with Crippen molar-refractivity contribution in [3.05, 3.63) is 51.5 Å². The number of nitrogens with one attached hydrogen (secondary N) is 1. The molecule has 0 saturated carbocycles. The molecule has 0 aliphatic carbocycles. The fraction of sp³-hybridized carbons (Fsp3) is 0.154. The van der Waals surface area contributed by atoms with Crippen LogP contribution in [0.1, 0.15) is 21.5 Å². The van der Waals surface area contributed by atoms with Crippen LogP contribution in [0.4, 0.5) is 10.1 Å². The number of thiophene rings is 1. The molecule has 0 spiro atoms. The Labute approximate surface area is 108 Å². The summed E-state index contributed by atoms with van der Waals surface area (Å²) in [6.07, 6.45) is 0. The highest BCUT2D eigenvalue weighted by Gasteiger charge is 2.12. The van der Waals surface area contributed by atoms with Crippen molar-refractivity contribution < 1.29 is 9.18 Å². The van der Waals surface area contributed by atoms with Crippen LogP contribution in [0.5, 0.6) is 0 Å². The van der Waals surface area contributed by atoms with E-state index in [0.29, 0.717) is 12.2 Å². The minimum atomic E-state index is -0.566. The Morgan fingerprint density at radius 2 is 2.22 bits per heavy atom. The largest absolute Gasteiger partial charge is 0.399 e. The Hall–Kier alpha value is -1.88. The zero-order valence-corrected chi connectivity index (χ0v) is 10.7. The van der Waals surface area contributed by atoms with Gasteiger partial charge >= 0.3 is 0 Å². The molecule has 1 aromatic heterocycles. The van der Waals surface area contributed by atoms with E-state index >= 15 is 0 Å². The van der Waals surface area contributed by atoms with Crippen molar-refractivity contribution >= 4 is 22.9 Å². The van der Waals surface area contributed by atoms with Gasteiger partial charge in [-0.05, 0) is 47.0 Å². The molecule has 2 rings (SSSR count). The maximum atomic E-state index is 13.5. The summed E-state index contributed by atoms with van der Waals surface area (Å²) in [5.74, 6) is -1.02. The first-order chi connectivity index (χ1) is 8.58. The maximum absolute atomic E-state index is 13.5. The van der Waals surface area contributed by atoms with Gasteiger partial charge in [0.15, 0.2) is 0 Å². The summed E-state index contributed by atoms with van der Waals surface area (Å²) in [6.45, 7) is 2.36. The van der Waals surface area contributed by atoms with Gasteiger partial charge in [0.1, 0.15) is 5.82 Å². The van der Waals surface area contributed by atoms with E-state index in [1.54, 1.807) is 11.3 Å². The number of carbonyl (C=O) groups is 1. The number of carbonyl (C=O) groups excluding carboxylic acids is 1. The second kappa shape index (κ2) is 5.18. The number of hydrogen-bond donors (Lipinski definition) is 2. The number of nitrogens with two attached hydrogens (primary N) is 1. The number of aryl methyl sites for hydroxylation is 1. The molecule has 1 heterocycles. The second-order valence-corrected chi connectivity index (χ2v) is 4.75. The van der Waals surface area contributed by atoms with Gasteiger partial charge in [0.25, 0.3) is 5.91 Å². The Kier molecular flexibility index (Phi) is 3.62. The first-order valence-electron chi connectivity index (χ1n) is 5.43. The van der Waals surface area contributed by atoms with Gasteiger partial charge in [0, 0.05) is 12.2 Å². The average molecular weight is 264 g/mol. The molecule has 1 aromatic carbocycles. The number of halogens is 1. The van der Waals surface area contributed by atoms with E-state index in [1.807, 2.05) is 17.7 Å². The highest BCUT2D eigenvalue weighted by Crippen LogP contribution is 2.15. The van der Waals surface area contributed by atoms with Gasteiger partial charge in [0.05, 0.1) is 5.56 Å². The molecule has 0 saturated heterocycles. The van der Waals surface area contributed by atoms with Crippen molar-refractivity contribution in [1.82, 2.24) is 5.32 Å². The quantitative estimate of drug-likeness (QED) is 0.837. The van der Waals surface area contributed by atoms with Crippen LogP contribution in [0.3, 0.4) is 0 Å². The molecule has 0 radical (unpaired) electrons. The summed E-state index contributed by atoms with van der Waals surface area (Å²) >= 11 is 1.57. The number of anilines is 1. The number of hydrogen-bond acceptors (Lipinski definition) is 3. The summed E-state index contributed by atoms with van der Waals surface area (Å²) in [4.78, 5) is 11.8. The first kappa shape index (κ1) is 12.6. The fourth-order valence-electron chi connectivity index (χ4n) is 1.56. The number of rotatable bonds is 3. The van der Waals surface area contributed by atoms with E-state index in [0.717, 1.165) is 11.1 Å². The Morgan fingerprint density at radius 3 is 2.89 bits per heavy atom. The highest BCUT2D eigenvalue weighted by molar-refractivity contribution is 7.08. The normalized spacial score (nSPS) is 10.3. The third-order valence-electron chi connectivity index (χ3n) is 2.64. The van der Waals surface area contributed by atoms with Crippen LogP contribution in [0.15, 0.2) is 29.0 Å². The standard InChI is InChI=1S/C13H13FN2OS/c1-8-6-18-7-9(8)5-16-13(17)11-4-10(15)2-3-12(11)14/h2-4,6-7H,5,15H2,1H3,(H,16,17). The molecule has 3 nitrogen and oxygen atoms in total. The van der Waals surface area contributed by atoms with Crippen LogP contribution in [-0.4, -0.2) is 5.91 Å². The van der Waals surface area contributed by atoms with Gasteiger partial charge in [0.2, 0.25) is 0 Å². The number of benzene rings is 1. The molecule has 0 atom stereocenters. The van der Waals surface area contributed by atoms with E-state index in [2.05, 4.69) is 5.32 Å². The maximum Gasteiger partial charge on any atom is 0.254 e. The minimum absolute atomic E-state index is 0.0251. The van der Waals surface area contributed by atoms with Crippen LogP contribution < -0.4 is 11.1 Å². The topological polar surface area (TPSA) is 55.1 Å². The van der Waals surface area contributed by atoms with Crippen LogP contribution in [0.25, 0.3) is 0 Å². The van der Waals surface area contributed by atoms with E-state index in [4.69, 9.17) is 5.73 Å². The molecular weight excluding hydrogens is 251 g/mol. The van der Waals surface area contributed by atoms with Crippen molar-refractivity contribution in [2.75, 3.05) is 5.73 Å². The third kappa shape index (κ3) is 2.68. The van der Waals surface area contributed by atoms with E-state index < -0.39 is 11.7 Å². The summed E-state index contributed by atoms with van der Waals surface area (Å²) < 4.78 is 13.5. The lowest BCUT2D eigenvalue weighted by Gasteiger charge is -2.06. The van der Waals surface area contributed by atoms with Crippen LogP contribution in [-0.2, 0) is 6.54 Å². The number of nitrogen functional groups attached to an aromatic ring is 1. The molecule has 18 heavy (non-hydrogen) atoms. The van der Waals surface area contributed by atoms with Crippen molar-refractivity contribution in [2.45, 2.75) is 13.5 Å². The zero-order valence-electron chi connectivity index (χ0n) is 9.87. The first-order valence-corrected chi connectivity index (χ1v) is 6.37. The Balaban J connectivity index is 2.08. The fourth-order valence-corrected chi connectivity index (χ4v) is 2.41. The monoisotopic (exact) mass is 264 g/mol. The van der Waals surface area contributed by atoms with E-state index in [-0.39, 0.29) is 5.56 Å². The van der Waals surface area contributed by atoms with Gasteiger partial charge < -0.3 is 11.1 Å². The van der Waals surface area contributed by atoms with Gasteiger partial charge in [-0.2, -0.15) is 11.3 Å². The van der Waals surface area contributed by atoms with Crippen molar-refractivity contribution in [3.63, 3.8) is 0 Å². The smallest absolute Gasteiger partial charge is 0.254 e. The average Bonchev–Trinajstić information content (AvgIpc) is 2.75. The van der Waals surface area contributed by atoms with Gasteiger partial charge in [-0.3, -0.25) is 4.79 Å². The zero-order chi connectivity index (χ0) is 13.1. The molecular formula is C13H13FN2OS. The lowest BCUT2D eigenvalue weighted by atomic mass is 10.1. The molecule has 3 N–H and O–H groups in total. The summed E-state index contributed by atoms with van der Waals surface area (Å²) in [5, 5.41) is 6.65. The molecule has 0 bridgehead atoms. The molecule has 5 heteroatoms. The molecule has 0 aliphatic heterocycles. The van der Waals surface area contributed by atoms with E-state index in [9.17, 15) is 9.18 Å². The SMILES string of the molecule is Cc1cscc1CNC(=O)c1cc(N)ccc1F. The van der Waals surface area contributed by atoms with Gasteiger partial charge in [-0.15, -0.1) is 0 Å².